The van der Waals surface area contributed by atoms with Crippen LogP contribution in [0.5, 0.6) is 0 Å². The third-order valence-electron chi connectivity index (χ3n) is 5.45. The monoisotopic (exact) mass is 349 g/mol. The molecule has 0 bridgehead atoms. The molecule has 1 saturated carbocycles. The van der Waals surface area contributed by atoms with Gasteiger partial charge in [0.1, 0.15) is 5.82 Å². The number of urea groups is 1. The molecule has 6 heteroatoms. The van der Waals surface area contributed by atoms with Crippen molar-refractivity contribution in [2.45, 2.75) is 50.7 Å². The van der Waals surface area contributed by atoms with E-state index in [1.165, 1.54) is 12.1 Å². The van der Waals surface area contributed by atoms with E-state index in [1.54, 1.807) is 0 Å². The first-order valence-electron chi connectivity index (χ1n) is 9.28. The molecule has 2 atom stereocenters. The maximum absolute atomic E-state index is 13.0. The highest BCUT2D eigenvalue weighted by molar-refractivity contribution is 5.74. The van der Waals surface area contributed by atoms with E-state index in [2.05, 4.69) is 15.5 Å². The fraction of sp³-hybridized carbons (Fsp3) is 0.632. The number of nitrogens with zero attached hydrogens (tertiary/aromatic N) is 1. The molecule has 3 rings (SSSR count). The van der Waals surface area contributed by atoms with Crippen LogP contribution < -0.4 is 10.6 Å². The lowest BCUT2D eigenvalue weighted by molar-refractivity contribution is 0.179. The highest BCUT2D eigenvalue weighted by atomic mass is 19.1. The number of carbonyl (C=O) groups is 1. The normalized spacial score (nSPS) is 25.0. The van der Waals surface area contributed by atoms with Gasteiger partial charge in [0.05, 0.1) is 0 Å². The number of hydrogen-bond donors (Lipinski definition) is 3. The van der Waals surface area contributed by atoms with Gasteiger partial charge in [-0.15, -0.1) is 0 Å². The molecular formula is C19H28FN3O2. The lowest BCUT2D eigenvalue weighted by Gasteiger charge is -2.32. The number of halogens is 1. The molecule has 3 N–H and O–H groups in total. The van der Waals surface area contributed by atoms with Gasteiger partial charge in [-0.25, -0.2) is 9.18 Å². The van der Waals surface area contributed by atoms with Crippen molar-refractivity contribution in [2.75, 3.05) is 19.7 Å². The summed E-state index contributed by atoms with van der Waals surface area (Å²) in [5.74, 6) is -0.00771. The number of benzene rings is 1. The molecule has 1 saturated heterocycles. The van der Waals surface area contributed by atoms with Crippen LogP contribution in [0.25, 0.3) is 0 Å². The van der Waals surface area contributed by atoms with E-state index in [9.17, 15) is 14.3 Å². The van der Waals surface area contributed by atoms with Crippen LogP contribution in [0, 0.1) is 11.7 Å². The van der Waals surface area contributed by atoms with Gasteiger partial charge in [-0.1, -0.05) is 18.6 Å². The lowest BCUT2D eigenvalue weighted by atomic mass is 10.0. The second-order valence-electron chi connectivity index (χ2n) is 7.27. The number of likely N-dealkylation sites (tertiary alicyclic amines) is 1. The topological polar surface area (TPSA) is 64.6 Å². The smallest absolute Gasteiger partial charge is 0.315 e. The Morgan fingerprint density at radius 2 is 1.84 bits per heavy atom. The van der Waals surface area contributed by atoms with E-state index in [0.717, 1.165) is 57.3 Å². The Hall–Kier alpha value is -1.66. The number of aliphatic hydroxyl groups is 1. The highest BCUT2D eigenvalue weighted by Gasteiger charge is 2.29. The van der Waals surface area contributed by atoms with Gasteiger partial charge in [0.2, 0.25) is 0 Å². The number of piperidine rings is 1. The number of carbonyl (C=O) groups excluding carboxylic acids is 1. The molecule has 2 fully saturated rings. The van der Waals surface area contributed by atoms with Gasteiger partial charge in [0.25, 0.3) is 0 Å². The van der Waals surface area contributed by atoms with E-state index in [0.29, 0.717) is 0 Å². The van der Waals surface area contributed by atoms with Gasteiger partial charge in [-0.2, -0.15) is 0 Å². The van der Waals surface area contributed by atoms with Gasteiger partial charge < -0.3 is 15.7 Å². The van der Waals surface area contributed by atoms with E-state index < -0.39 is 0 Å². The number of nitrogens with one attached hydrogen (secondary N) is 2. The van der Waals surface area contributed by atoms with Crippen molar-refractivity contribution < 1.29 is 14.3 Å². The average molecular weight is 349 g/mol. The minimum atomic E-state index is -0.205. The van der Waals surface area contributed by atoms with Crippen molar-refractivity contribution in [1.82, 2.24) is 15.5 Å². The van der Waals surface area contributed by atoms with Crippen LogP contribution in [0.15, 0.2) is 24.3 Å². The third kappa shape index (κ3) is 5.16. The first-order valence-corrected chi connectivity index (χ1v) is 9.28. The molecular weight excluding hydrogens is 321 g/mol. The summed E-state index contributed by atoms with van der Waals surface area (Å²) in [7, 11) is 0. The number of rotatable bonds is 5. The van der Waals surface area contributed by atoms with Crippen LogP contribution in [-0.2, 0) is 6.54 Å². The minimum Gasteiger partial charge on any atom is -0.396 e. The molecule has 0 radical (unpaired) electrons. The molecule has 1 heterocycles. The first-order chi connectivity index (χ1) is 12.1. The van der Waals surface area contributed by atoms with Crippen LogP contribution in [-0.4, -0.2) is 47.8 Å². The van der Waals surface area contributed by atoms with E-state index in [1.807, 2.05) is 12.1 Å². The molecule has 5 nitrogen and oxygen atoms in total. The minimum absolute atomic E-state index is 0.101. The van der Waals surface area contributed by atoms with E-state index >= 15 is 0 Å². The first kappa shape index (κ1) is 18.1. The fourth-order valence-electron chi connectivity index (χ4n) is 3.92. The number of hydrogen-bond acceptors (Lipinski definition) is 3. The van der Waals surface area contributed by atoms with Gasteiger partial charge >= 0.3 is 6.03 Å². The molecule has 0 unspecified atom stereocenters. The van der Waals surface area contributed by atoms with E-state index in [-0.39, 0.29) is 36.5 Å². The van der Waals surface area contributed by atoms with Crippen LogP contribution in [0.1, 0.15) is 37.7 Å². The number of amides is 2. The zero-order chi connectivity index (χ0) is 17.6. The van der Waals surface area contributed by atoms with Gasteiger partial charge in [-0.05, 0) is 43.4 Å². The predicted octanol–water partition coefficient (Wildman–Crippen LogP) is 2.25. The molecule has 2 amide bonds. The van der Waals surface area contributed by atoms with Gasteiger partial charge in [0.15, 0.2) is 0 Å². The summed E-state index contributed by atoms with van der Waals surface area (Å²) < 4.78 is 13.0. The molecule has 1 aromatic carbocycles. The molecule has 138 valence electrons. The third-order valence-corrected chi connectivity index (χ3v) is 5.45. The quantitative estimate of drug-likeness (QED) is 0.764. The predicted molar refractivity (Wildman–Crippen MR) is 94.6 cm³/mol. The molecule has 1 aliphatic carbocycles. The summed E-state index contributed by atoms with van der Waals surface area (Å²) in [6, 6.07) is 6.83. The van der Waals surface area contributed by atoms with Crippen LogP contribution >= 0.6 is 0 Å². The molecule has 0 spiro atoms. The van der Waals surface area contributed by atoms with Gasteiger partial charge in [0, 0.05) is 44.2 Å². The Balaban J connectivity index is 1.38. The Morgan fingerprint density at radius 1 is 1.12 bits per heavy atom. The number of aliphatic hydroxyl groups excluding tert-OH is 1. The average Bonchev–Trinajstić information content (AvgIpc) is 3.05. The summed E-state index contributed by atoms with van der Waals surface area (Å²) in [4.78, 5) is 14.5. The Labute approximate surface area is 148 Å². The second kappa shape index (κ2) is 8.63. The summed E-state index contributed by atoms with van der Waals surface area (Å²) in [5.41, 5.74) is 1.11. The van der Waals surface area contributed by atoms with Crippen molar-refractivity contribution in [3.63, 3.8) is 0 Å². The van der Waals surface area contributed by atoms with Crippen molar-refractivity contribution in [2.24, 2.45) is 5.92 Å². The van der Waals surface area contributed by atoms with Crippen LogP contribution in [0.4, 0.5) is 9.18 Å². The van der Waals surface area contributed by atoms with Crippen molar-refractivity contribution >= 4 is 6.03 Å². The maximum atomic E-state index is 13.0. The zero-order valence-corrected chi connectivity index (χ0v) is 14.6. The SMILES string of the molecule is O=C(NC1CCN(Cc2ccc(F)cc2)CC1)N[C@@H]1CCC[C@H]1CO. The highest BCUT2D eigenvalue weighted by Crippen LogP contribution is 2.25. The lowest BCUT2D eigenvalue weighted by Crippen LogP contribution is -2.50. The summed E-state index contributed by atoms with van der Waals surface area (Å²) in [5, 5.41) is 15.4. The van der Waals surface area contributed by atoms with Crippen LogP contribution in [0.2, 0.25) is 0 Å². The fourth-order valence-corrected chi connectivity index (χ4v) is 3.92. The molecule has 25 heavy (non-hydrogen) atoms. The summed E-state index contributed by atoms with van der Waals surface area (Å²) >= 11 is 0. The molecule has 1 aliphatic heterocycles. The Morgan fingerprint density at radius 3 is 2.52 bits per heavy atom. The Bertz CT molecular complexity index is 558. The van der Waals surface area contributed by atoms with Crippen molar-refractivity contribution in [1.29, 1.82) is 0 Å². The van der Waals surface area contributed by atoms with Gasteiger partial charge in [-0.3, -0.25) is 4.90 Å². The largest absolute Gasteiger partial charge is 0.396 e. The Kier molecular flexibility index (Phi) is 6.26. The van der Waals surface area contributed by atoms with Crippen molar-refractivity contribution in [3.05, 3.63) is 35.6 Å². The zero-order valence-electron chi connectivity index (χ0n) is 14.6. The van der Waals surface area contributed by atoms with Crippen LogP contribution in [0.3, 0.4) is 0 Å². The molecule has 1 aromatic rings. The second-order valence-corrected chi connectivity index (χ2v) is 7.27. The summed E-state index contributed by atoms with van der Waals surface area (Å²) in [6.45, 7) is 2.81. The van der Waals surface area contributed by atoms with E-state index in [4.69, 9.17) is 0 Å². The van der Waals surface area contributed by atoms with Crippen molar-refractivity contribution in [3.8, 4) is 0 Å². The molecule has 0 aromatic heterocycles. The standard InChI is InChI=1S/C19H28FN3O2/c20-16-6-4-14(5-7-16)12-23-10-8-17(9-11-23)21-19(25)22-18-3-1-2-15(18)13-24/h4-7,15,17-18,24H,1-3,8-13H2,(H2,21,22,25)/t15-,18+/m0/s1. The summed E-state index contributed by atoms with van der Waals surface area (Å²) in [6.07, 6.45) is 4.85. The molecule has 2 aliphatic rings. The maximum Gasteiger partial charge on any atom is 0.315 e.